The van der Waals surface area contributed by atoms with Crippen LogP contribution in [0.3, 0.4) is 0 Å². The third-order valence-electron chi connectivity index (χ3n) is 9.07. The third-order valence-corrected chi connectivity index (χ3v) is 9.07. The average molecular weight is 540 g/mol. The van der Waals surface area contributed by atoms with Gasteiger partial charge in [0.15, 0.2) is 0 Å². The Morgan fingerprint density at radius 2 is 1.82 bits per heavy atom. The first-order valence-electron chi connectivity index (χ1n) is 13.5. The van der Waals surface area contributed by atoms with Crippen LogP contribution < -0.4 is 16.0 Å². The van der Waals surface area contributed by atoms with Crippen LogP contribution in [0.25, 0.3) is 0 Å². The number of nitrogens with zero attached hydrogens (tertiary/aromatic N) is 2. The predicted octanol–water partition coefficient (Wildman–Crippen LogP) is 2.02. The zero-order chi connectivity index (χ0) is 27.8. The fourth-order valence-corrected chi connectivity index (χ4v) is 6.79. The van der Waals surface area contributed by atoms with Gasteiger partial charge >= 0.3 is 12.1 Å². The normalized spacial score (nSPS) is 30.0. The molecule has 4 fully saturated rings. The predicted molar refractivity (Wildman–Crippen MR) is 129 cm³/mol. The summed E-state index contributed by atoms with van der Waals surface area (Å²) in [5.41, 5.74) is -0.250. The van der Waals surface area contributed by atoms with Crippen molar-refractivity contribution in [2.24, 2.45) is 29.1 Å². The molecule has 4 rings (SSSR count). The molecular weight excluding hydrogens is 503 g/mol. The van der Waals surface area contributed by atoms with E-state index in [1.54, 1.807) is 0 Å². The molecule has 2 aliphatic heterocycles. The zero-order valence-corrected chi connectivity index (χ0v) is 21.8. The van der Waals surface area contributed by atoms with Crippen LogP contribution in [-0.2, 0) is 19.2 Å². The van der Waals surface area contributed by atoms with Crippen molar-refractivity contribution in [1.29, 1.82) is 5.26 Å². The lowest BCUT2D eigenvalue weighted by Crippen LogP contribution is -2.58. The van der Waals surface area contributed by atoms with Crippen molar-refractivity contribution in [2.75, 3.05) is 13.1 Å². The lowest BCUT2D eigenvalue weighted by Gasteiger charge is -2.35. The molecule has 0 aromatic carbocycles. The summed E-state index contributed by atoms with van der Waals surface area (Å²) < 4.78 is 39.4. The molecule has 0 aromatic heterocycles. The molecule has 0 radical (unpaired) electrons. The Morgan fingerprint density at radius 3 is 2.39 bits per heavy atom. The van der Waals surface area contributed by atoms with Gasteiger partial charge in [0.25, 0.3) is 0 Å². The molecule has 6 atom stereocenters. The van der Waals surface area contributed by atoms with E-state index in [1.165, 1.54) is 4.90 Å². The maximum atomic E-state index is 13.7. The number of alkyl halides is 3. The van der Waals surface area contributed by atoms with Gasteiger partial charge < -0.3 is 20.9 Å². The standard InChI is InChI=1S/C26H36F3N5O4/c1-25(2)17-13-34(20(19(17)25)22(36)32-16(12-30)11-15-8-9-31-21(15)35)23(37)18(33-24(38)26(27,28)29)10-14-6-4-3-5-7-14/h14-20H,3-11,13H2,1-2H3,(H,31,35)(H,32,36)(H,33,38)/t15-,16-,17-,18-,19-,20-/m0/s1. The summed E-state index contributed by atoms with van der Waals surface area (Å²) in [5, 5.41) is 16.9. The molecule has 12 heteroatoms. The summed E-state index contributed by atoms with van der Waals surface area (Å²) in [6.07, 6.45) is 0.0448. The number of piperidine rings is 1. The van der Waals surface area contributed by atoms with Crippen molar-refractivity contribution < 1.29 is 32.3 Å². The fourth-order valence-electron chi connectivity index (χ4n) is 6.79. The maximum Gasteiger partial charge on any atom is 0.471 e. The van der Waals surface area contributed by atoms with Gasteiger partial charge in [-0.15, -0.1) is 0 Å². The van der Waals surface area contributed by atoms with E-state index < -0.39 is 47.9 Å². The Balaban J connectivity index is 1.51. The SMILES string of the molecule is CC1(C)[C@@H]2[C@@H](C(=O)N[C@H](C#N)C[C@@H]3CCNC3=O)N(C(=O)[C@H](CC3CCCCC3)NC(=O)C(F)(F)F)C[C@@H]21. The van der Waals surface area contributed by atoms with Crippen LogP contribution in [0, 0.1) is 40.4 Å². The van der Waals surface area contributed by atoms with E-state index >= 15 is 0 Å². The Hall–Kier alpha value is -2.84. The molecule has 2 saturated carbocycles. The topological polar surface area (TPSA) is 131 Å². The summed E-state index contributed by atoms with van der Waals surface area (Å²) in [4.78, 5) is 52.3. The smallest absolute Gasteiger partial charge is 0.356 e. The summed E-state index contributed by atoms with van der Waals surface area (Å²) in [7, 11) is 0. The highest BCUT2D eigenvalue weighted by Gasteiger charge is 2.69. The molecule has 4 amide bonds. The second kappa shape index (κ2) is 10.7. The number of nitrogens with one attached hydrogen (secondary N) is 3. The molecule has 0 bridgehead atoms. The number of halogens is 3. The molecule has 3 N–H and O–H groups in total. The quantitative estimate of drug-likeness (QED) is 0.434. The van der Waals surface area contributed by atoms with Gasteiger partial charge in [-0.05, 0) is 42.4 Å². The van der Waals surface area contributed by atoms with Crippen LogP contribution in [-0.4, -0.2) is 65.9 Å². The number of nitriles is 1. The molecular formula is C26H36F3N5O4. The largest absolute Gasteiger partial charge is 0.471 e. The number of rotatable bonds is 8. The molecule has 0 aromatic rings. The van der Waals surface area contributed by atoms with Crippen LogP contribution in [0.2, 0.25) is 0 Å². The van der Waals surface area contributed by atoms with Crippen molar-refractivity contribution in [3.8, 4) is 6.07 Å². The highest BCUT2D eigenvalue weighted by Crippen LogP contribution is 2.65. The fraction of sp³-hybridized carbons (Fsp3) is 0.808. The Morgan fingerprint density at radius 1 is 1.13 bits per heavy atom. The molecule has 38 heavy (non-hydrogen) atoms. The first kappa shape index (κ1) is 28.2. The molecule has 2 heterocycles. The number of hydrogen-bond donors (Lipinski definition) is 3. The van der Waals surface area contributed by atoms with Crippen molar-refractivity contribution in [3.05, 3.63) is 0 Å². The van der Waals surface area contributed by atoms with E-state index in [9.17, 15) is 37.6 Å². The highest BCUT2D eigenvalue weighted by molar-refractivity contribution is 5.94. The van der Waals surface area contributed by atoms with E-state index in [0.29, 0.717) is 13.0 Å². The lowest BCUT2D eigenvalue weighted by atomic mass is 9.84. The number of likely N-dealkylation sites (tertiary alicyclic amines) is 1. The second-order valence-corrected chi connectivity index (χ2v) is 11.9. The zero-order valence-electron chi connectivity index (χ0n) is 21.8. The van der Waals surface area contributed by atoms with Gasteiger partial charge in [-0.25, -0.2) is 0 Å². The maximum absolute atomic E-state index is 13.7. The van der Waals surface area contributed by atoms with Crippen LogP contribution >= 0.6 is 0 Å². The molecule has 210 valence electrons. The van der Waals surface area contributed by atoms with Crippen molar-refractivity contribution in [1.82, 2.24) is 20.9 Å². The Labute approximate surface area is 220 Å². The molecule has 0 unspecified atom stereocenters. The van der Waals surface area contributed by atoms with Crippen molar-refractivity contribution in [2.45, 2.75) is 89.5 Å². The minimum absolute atomic E-state index is 0.00705. The summed E-state index contributed by atoms with van der Waals surface area (Å²) in [5.74, 6) is -4.22. The first-order chi connectivity index (χ1) is 17.8. The van der Waals surface area contributed by atoms with Gasteiger partial charge in [0, 0.05) is 19.0 Å². The number of amides is 4. The van der Waals surface area contributed by atoms with E-state index in [-0.39, 0.29) is 48.5 Å². The van der Waals surface area contributed by atoms with Gasteiger partial charge in [-0.3, -0.25) is 19.2 Å². The van der Waals surface area contributed by atoms with E-state index in [4.69, 9.17) is 0 Å². The molecule has 2 saturated heterocycles. The van der Waals surface area contributed by atoms with Crippen LogP contribution in [0.5, 0.6) is 0 Å². The van der Waals surface area contributed by atoms with E-state index in [2.05, 4.69) is 10.6 Å². The average Bonchev–Trinajstić information content (AvgIpc) is 3.21. The molecule has 9 nitrogen and oxygen atoms in total. The Bertz CT molecular complexity index is 1000. The molecule has 4 aliphatic rings. The minimum atomic E-state index is -5.14. The first-order valence-corrected chi connectivity index (χ1v) is 13.5. The number of fused-ring (bicyclic) bond motifs is 1. The van der Waals surface area contributed by atoms with Crippen LogP contribution in [0.4, 0.5) is 13.2 Å². The van der Waals surface area contributed by atoms with Crippen LogP contribution in [0.1, 0.15) is 65.2 Å². The van der Waals surface area contributed by atoms with E-state index in [0.717, 1.165) is 32.1 Å². The van der Waals surface area contributed by atoms with Gasteiger partial charge in [0.1, 0.15) is 18.1 Å². The number of carbonyl (C=O) groups is 4. The van der Waals surface area contributed by atoms with Crippen molar-refractivity contribution >= 4 is 23.6 Å². The minimum Gasteiger partial charge on any atom is -0.356 e. The summed E-state index contributed by atoms with van der Waals surface area (Å²) in [6.45, 7) is 4.64. The summed E-state index contributed by atoms with van der Waals surface area (Å²) >= 11 is 0. The number of carbonyl (C=O) groups excluding carboxylic acids is 4. The van der Waals surface area contributed by atoms with Gasteiger partial charge in [-0.1, -0.05) is 46.0 Å². The second-order valence-electron chi connectivity index (χ2n) is 11.9. The molecule has 0 spiro atoms. The Kier molecular flexibility index (Phi) is 7.96. The van der Waals surface area contributed by atoms with Crippen molar-refractivity contribution in [3.63, 3.8) is 0 Å². The monoisotopic (exact) mass is 539 g/mol. The lowest BCUT2D eigenvalue weighted by molar-refractivity contribution is -0.175. The molecule has 2 aliphatic carbocycles. The highest BCUT2D eigenvalue weighted by atomic mass is 19.4. The van der Waals surface area contributed by atoms with Crippen LogP contribution in [0.15, 0.2) is 0 Å². The summed E-state index contributed by atoms with van der Waals surface area (Å²) in [6, 6.07) is -1.28. The van der Waals surface area contributed by atoms with Gasteiger partial charge in [0.05, 0.1) is 6.07 Å². The van der Waals surface area contributed by atoms with Gasteiger partial charge in [-0.2, -0.15) is 18.4 Å². The van der Waals surface area contributed by atoms with Gasteiger partial charge in [0.2, 0.25) is 17.7 Å². The van der Waals surface area contributed by atoms with E-state index in [1.807, 2.05) is 25.2 Å². The number of hydrogen-bond acceptors (Lipinski definition) is 5. The third kappa shape index (κ3) is 5.76.